The van der Waals surface area contributed by atoms with Crippen LogP contribution in [0.1, 0.15) is 159 Å². The highest BCUT2D eigenvalue weighted by Gasteiger charge is 2.42. The summed E-state index contributed by atoms with van der Waals surface area (Å²) in [5.41, 5.74) is 24.2. The Morgan fingerprint density at radius 1 is 0.496 bits per heavy atom. The second-order valence-electron chi connectivity index (χ2n) is 30.3. The molecule has 2 aromatic rings. The number of nitrogens with two attached hydrogens (primary N) is 4. The number of hydrogen-bond acceptors (Lipinski definition) is 23. The van der Waals surface area contributed by atoms with Crippen LogP contribution in [-0.4, -0.2) is 267 Å². The number of fused-ring (bicyclic) bond motifs is 1. The number of primary amides is 1. The number of hydrogen-bond donors (Lipinski definition) is 23. The fourth-order valence-corrected chi connectivity index (χ4v) is 12.4. The molecule has 1 aliphatic rings. The number of aliphatic hydroxyl groups is 2. The van der Waals surface area contributed by atoms with Crippen molar-refractivity contribution in [3.63, 3.8) is 0 Å². The van der Waals surface area contributed by atoms with Crippen LogP contribution in [0.15, 0.2) is 30.5 Å². The molecule has 42 nitrogen and oxygen atoms in total. The van der Waals surface area contributed by atoms with Gasteiger partial charge in [0.1, 0.15) is 79.0 Å². The van der Waals surface area contributed by atoms with E-state index < -0.39 is 242 Å². The number of carboxylic acid groups (broad SMARTS) is 2. The van der Waals surface area contributed by atoms with Crippen LogP contribution in [0.2, 0.25) is 0 Å². The third kappa shape index (κ3) is 33.6. The minimum absolute atomic E-state index is 0.0122. The molecular weight excluding hydrogens is 1530 g/mol. The number of likely N-dealkylation sites (tertiary alicyclic amines) is 1. The maximum atomic E-state index is 14.6. The number of aliphatic hydroxyl groups excluding tert-OH is 2. The molecule has 1 aromatic heterocycles. The minimum Gasteiger partial charge on any atom is -0.481 e. The fraction of sp³-hybridized carbons (Fsp3) is 0.653. The van der Waals surface area contributed by atoms with E-state index in [0.29, 0.717) is 42.1 Å². The number of rotatable bonds is 52. The van der Waals surface area contributed by atoms with Gasteiger partial charge in [-0.15, -0.1) is 0 Å². The van der Waals surface area contributed by atoms with Gasteiger partial charge in [0.25, 0.3) is 0 Å². The van der Waals surface area contributed by atoms with E-state index in [0.717, 1.165) is 18.7 Å². The third-order valence-corrected chi connectivity index (χ3v) is 19.3. The summed E-state index contributed by atoms with van der Waals surface area (Å²) in [6, 6.07) is -12.2. The van der Waals surface area contributed by atoms with E-state index >= 15 is 0 Å². The number of aliphatic carboxylic acids is 2. The van der Waals surface area contributed by atoms with Gasteiger partial charge in [0.05, 0.1) is 44.2 Å². The Balaban J connectivity index is 1.81. The average molecular weight is 1660 g/mol. The molecule has 27 N–H and O–H groups in total. The van der Waals surface area contributed by atoms with Crippen molar-refractivity contribution in [2.75, 3.05) is 39.3 Å². The monoisotopic (exact) mass is 1650 g/mol. The van der Waals surface area contributed by atoms with Crippen LogP contribution in [0, 0.1) is 23.7 Å². The van der Waals surface area contributed by atoms with Gasteiger partial charge >= 0.3 is 11.9 Å². The number of nitrogens with one attached hydrogen (secondary N) is 15. The zero-order valence-electron chi connectivity index (χ0n) is 68.2. The van der Waals surface area contributed by atoms with E-state index in [4.69, 9.17) is 28.0 Å². The molecule has 42 heteroatoms. The quantitative estimate of drug-likeness (QED) is 0.0274. The predicted molar refractivity (Wildman–Crippen MR) is 422 cm³/mol. The van der Waals surface area contributed by atoms with Crippen molar-refractivity contribution in [1.29, 1.82) is 0 Å². The van der Waals surface area contributed by atoms with E-state index in [9.17, 15) is 102 Å². The van der Waals surface area contributed by atoms with Crippen LogP contribution in [0.3, 0.4) is 0 Å². The Kier molecular flexibility index (Phi) is 42.7. The van der Waals surface area contributed by atoms with E-state index in [1.807, 2.05) is 24.5 Å². The lowest BCUT2D eigenvalue weighted by molar-refractivity contribution is -0.143. The molecule has 0 bridgehead atoms. The second-order valence-corrected chi connectivity index (χ2v) is 30.3. The Morgan fingerprint density at radius 2 is 0.957 bits per heavy atom. The Labute approximate surface area is 678 Å². The third-order valence-electron chi connectivity index (χ3n) is 19.3. The molecule has 654 valence electrons. The number of amides is 16. The lowest BCUT2D eigenvalue weighted by Gasteiger charge is -2.31. The second kappa shape index (κ2) is 49.8. The van der Waals surface area contributed by atoms with Gasteiger partial charge in [-0.3, -0.25) is 86.3 Å². The van der Waals surface area contributed by atoms with Gasteiger partial charge in [-0.2, -0.15) is 0 Å². The van der Waals surface area contributed by atoms with E-state index in [2.05, 4.69) is 68.8 Å². The minimum atomic E-state index is -1.99. The Morgan fingerprint density at radius 3 is 1.50 bits per heavy atom. The summed E-state index contributed by atoms with van der Waals surface area (Å²) in [7, 11) is 0. The first-order chi connectivity index (χ1) is 55.0. The predicted octanol–water partition coefficient (Wildman–Crippen LogP) is -6.41. The van der Waals surface area contributed by atoms with E-state index in [-0.39, 0.29) is 76.4 Å². The van der Waals surface area contributed by atoms with Crippen molar-refractivity contribution < 1.29 is 107 Å². The van der Waals surface area contributed by atoms with Crippen molar-refractivity contribution in [3.05, 3.63) is 36.0 Å². The summed E-state index contributed by atoms with van der Waals surface area (Å²) >= 11 is 0. The van der Waals surface area contributed by atoms with Crippen LogP contribution < -0.4 is 97.4 Å². The van der Waals surface area contributed by atoms with Gasteiger partial charge in [-0.25, -0.2) is 0 Å². The first-order valence-electron chi connectivity index (χ1n) is 39.2. The molecule has 3 rings (SSSR count). The van der Waals surface area contributed by atoms with Crippen molar-refractivity contribution in [2.24, 2.45) is 46.6 Å². The molecule has 1 aliphatic heterocycles. The maximum absolute atomic E-state index is 14.6. The zero-order chi connectivity index (χ0) is 88.2. The van der Waals surface area contributed by atoms with Gasteiger partial charge in [-0.1, -0.05) is 80.0 Å². The molecule has 0 saturated carbocycles. The number of carbonyl (C=O) groups is 18. The summed E-state index contributed by atoms with van der Waals surface area (Å²) < 4.78 is 0. The molecule has 0 radical (unpaired) electrons. The molecule has 1 aromatic carbocycles. The maximum Gasteiger partial charge on any atom is 0.322 e. The number of nitrogens with zero attached hydrogens (tertiary/aromatic N) is 1. The normalized spacial score (nSPS) is 16.5. The standard InChI is InChI=1S/C75H122N20O22/c1-12-39(8)60(72(114)94-61(41(10)96)73(115)90-50(30-53(78)98)68(110)88-51(31-56(101)102)65(107)83-35-57(103)104)92-74(116)62(42(11)97)93-69(111)52-24-19-27-95(52)75(117)40(9)84-54(99)33-81-64(106)49(29-43-32-80-45-21-14-13-20-44(43)45)87-67(109)47(23-16-18-26-77)86-66(108)46(22-15-17-25-76)85-55(100)34-82-63(105)48(28-36(2)3)89-71(113)59(38(6)7)91-70(112)58(79)37(4)5/h13-14,20-21,32,36-42,46-52,58-62,80,96-97H,12,15-19,22-31,33-35,76-77,79H2,1-11H3,(H2,78,98)(H,81,106)(H,82,105)(H,83,107)(H,84,99)(H,85,100)(H,86,108)(H,87,109)(H,88,110)(H,89,113)(H,90,115)(H,91,112)(H,92,116)(H,93,111)(H,94,114)(H,101,102)(H,103,104)/t39-,40-,41+,42+,46-,47-,48-,49-,50-,51-,52-,58-,59-,60-,61-,62-/m0/s1. The fourth-order valence-electron chi connectivity index (χ4n) is 12.4. The van der Waals surface area contributed by atoms with Crippen molar-refractivity contribution in [3.8, 4) is 0 Å². The van der Waals surface area contributed by atoms with Crippen molar-refractivity contribution >= 4 is 117 Å². The van der Waals surface area contributed by atoms with E-state index in [1.54, 1.807) is 65.1 Å². The van der Waals surface area contributed by atoms with Crippen LogP contribution in [0.5, 0.6) is 0 Å². The largest absolute Gasteiger partial charge is 0.481 e. The number of benzene rings is 1. The number of carbonyl (C=O) groups excluding carboxylic acids is 16. The highest BCUT2D eigenvalue weighted by Crippen LogP contribution is 2.22. The molecule has 1 fully saturated rings. The highest BCUT2D eigenvalue weighted by atomic mass is 16.4. The number of H-pyrrole nitrogens is 1. The summed E-state index contributed by atoms with van der Waals surface area (Å²) in [5.74, 6) is -20.1. The Bertz CT molecular complexity index is 3780. The van der Waals surface area contributed by atoms with Crippen molar-refractivity contribution in [2.45, 2.75) is 250 Å². The number of aromatic nitrogens is 1. The van der Waals surface area contributed by atoms with Crippen LogP contribution in [-0.2, 0) is 92.7 Å². The lowest BCUT2D eigenvalue weighted by atomic mass is 9.96. The van der Waals surface area contributed by atoms with Crippen molar-refractivity contribution in [1.82, 2.24) is 84.3 Å². The molecule has 117 heavy (non-hydrogen) atoms. The smallest absolute Gasteiger partial charge is 0.322 e. The summed E-state index contributed by atoms with van der Waals surface area (Å²) in [6.07, 6.45) is -2.08. The Hall–Kier alpha value is -11.0. The average Bonchev–Trinajstić information content (AvgIpc) is 1.74. The molecule has 0 spiro atoms. The molecule has 2 heterocycles. The van der Waals surface area contributed by atoms with Crippen LogP contribution in [0.25, 0.3) is 10.9 Å². The van der Waals surface area contributed by atoms with Gasteiger partial charge in [0.15, 0.2) is 0 Å². The van der Waals surface area contributed by atoms with Gasteiger partial charge in [-0.05, 0) is 127 Å². The van der Waals surface area contributed by atoms with Gasteiger partial charge in [0.2, 0.25) is 94.5 Å². The highest BCUT2D eigenvalue weighted by molar-refractivity contribution is 6.02. The van der Waals surface area contributed by atoms with E-state index in [1.165, 1.54) is 13.8 Å². The molecule has 0 unspecified atom stereocenters. The summed E-state index contributed by atoms with van der Waals surface area (Å²) in [4.78, 5) is 246. The zero-order valence-corrected chi connectivity index (χ0v) is 68.2. The van der Waals surface area contributed by atoms with Crippen LogP contribution >= 0.6 is 0 Å². The molecule has 0 aliphatic carbocycles. The first kappa shape index (κ1) is 100. The number of unbranched alkanes of at least 4 members (excludes halogenated alkanes) is 2. The van der Waals surface area contributed by atoms with Gasteiger partial charge in [0, 0.05) is 30.1 Å². The number of carboxylic acids is 2. The SMILES string of the molecule is CC[C@H](C)[C@H](NC(=O)[C@@H](NC(=O)[C@@H]1CCCN1C(=O)[C@H](C)NC(=O)CNC(=O)[C@H](Cc1c[nH]c2ccccc12)NC(=O)[C@H](CCCCN)NC(=O)[C@H](CCCCN)NC(=O)CNC(=O)[C@H](CC(C)C)NC(=O)[C@@H](NC(=O)[C@@H](N)C(C)C)C(C)C)[C@@H](C)O)C(=O)N[C@H](C(=O)N[C@@H](CC(N)=O)C(=O)N[C@@H](CC(=O)O)C(=O)NCC(=O)O)[C@@H](C)O. The molecule has 16 amide bonds. The lowest BCUT2D eigenvalue weighted by Crippen LogP contribution is -2.63. The molecule has 16 atom stereocenters. The molecule has 1 saturated heterocycles. The topological polar surface area (TPSA) is 680 Å². The number of aromatic amines is 1. The number of para-hydroxylation sites is 1. The summed E-state index contributed by atoms with van der Waals surface area (Å²) in [5, 5.41) is 74.8. The van der Waals surface area contributed by atoms with Crippen LogP contribution in [0.4, 0.5) is 0 Å². The molecular formula is C75H122N20O22. The van der Waals surface area contributed by atoms with Gasteiger partial charge < -0.3 is 128 Å². The summed E-state index contributed by atoms with van der Waals surface area (Å²) in [6.45, 7) is 15.2. The first-order valence-corrected chi connectivity index (χ1v) is 39.2.